The molecular weight excluding hydrogens is 256 g/mol. The third kappa shape index (κ3) is 3.59. The molecular formula is C12H11F2N3O2. The molecule has 0 aliphatic rings. The van der Waals surface area contributed by atoms with Gasteiger partial charge in [0.05, 0.1) is 19.3 Å². The van der Waals surface area contributed by atoms with Crippen molar-refractivity contribution in [3.05, 3.63) is 47.9 Å². The molecule has 0 saturated carbocycles. The average Bonchev–Trinajstić information content (AvgIpc) is 2.87. The molecule has 100 valence electrons. The SMILES string of the molecule is O=C(CNCc1ccno1)Nc1c(F)cccc1F. The fraction of sp³-hybridized carbons (Fsp3) is 0.167. The number of benzene rings is 1. The number of amides is 1. The number of para-hydroxylation sites is 1. The molecule has 0 aliphatic heterocycles. The second-order valence-corrected chi connectivity index (χ2v) is 3.73. The number of nitrogens with zero attached hydrogens (tertiary/aromatic N) is 1. The highest BCUT2D eigenvalue weighted by Crippen LogP contribution is 2.17. The molecule has 7 heteroatoms. The molecule has 1 aromatic carbocycles. The molecule has 2 rings (SSSR count). The van der Waals surface area contributed by atoms with Crippen molar-refractivity contribution in [3.63, 3.8) is 0 Å². The smallest absolute Gasteiger partial charge is 0.238 e. The Morgan fingerprint density at radius 2 is 2.00 bits per heavy atom. The van der Waals surface area contributed by atoms with Gasteiger partial charge in [-0.2, -0.15) is 0 Å². The van der Waals surface area contributed by atoms with E-state index in [0.717, 1.165) is 12.1 Å². The summed E-state index contributed by atoms with van der Waals surface area (Å²) in [5, 5.41) is 8.41. The van der Waals surface area contributed by atoms with Gasteiger partial charge in [0.2, 0.25) is 5.91 Å². The number of rotatable bonds is 5. The zero-order valence-corrected chi connectivity index (χ0v) is 9.82. The van der Waals surface area contributed by atoms with Gasteiger partial charge < -0.3 is 15.2 Å². The van der Waals surface area contributed by atoms with Gasteiger partial charge in [0.25, 0.3) is 0 Å². The van der Waals surface area contributed by atoms with E-state index in [0.29, 0.717) is 12.3 Å². The number of carbonyl (C=O) groups is 1. The van der Waals surface area contributed by atoms with Crippen molar-refractivity contribution in [1.82, 2.24) is 10.5 Å². The van der Waals surface area contributed by atoms with Gasteiger partial charge in [-0.05, 0) is 12.1 Å². The average molecular weight is 267 g/mol. The Morgan fingerprint density at radius 1 is 1.26 bits per heavy atom. The van der Waals surface area contributed by atoms with Crippen molar-refractivity contribution in [3.8, 4) is 0 Å². The van der Waals surface area contributed by atoms with Crippen LogP contribution in [0.5, 0.6) is 0 Å². The van der Waals surface area contributed by atoms with Gasteiger partial charge >= 0.3 is 0 Å². The Hall–Kier alpha value is -2.28. The van der Waals surface area contributed by atoms with E-state index in [1.54, 1.807) is 6.07 Å². The Morgan fingerprint density at radius 3 is 2.63 bits per heavy atom. The summed E-state index contributed by atoms with van der Waals surface area (Å²) in [7, 11) is 0. The summed E-state index contributed by atoms with van der Waals surface area (Å²) in [6.07, 6.45) is 1.48. The molecule has 5 nitrogen and oxygen atoms in total. The molecule has 0 radical (unpaired) electrons. The van der Waals surface area contributed by atoms with E-state index >= 15 is 0 Å². The summed E-state index contributed by atoms with van der Waals surface area (Å²) in [5.41, 5.74) is -0.450. The van der Waals surface area contributed by atoms with Crippen LogP contribution in [0.2, 0.25) is 0 Å². The van der Waals surface area contributed by atoms with Gasteiger partial charge in [-0.3, -0.25) is 4.79 Å². The third-order valence-electron chi connectivity index (χ3n) is 2.30. The maximum atomic E-state index is 13.3. The number of hydrogen-bond acceptors (Lipinski definition) is 4. The molecule has 0 atom stereocenters. The first-order valence-corrected chi connectivity index (χ1v) is 5.51. The lowest BCUT2D eigenvalue weighted by Crippen LogP contribution is -2.28. The van der Waals surface area contributed by atoms with Crippen molar-refractivity contribution >= 4 is 11.6 Å². The molecule has 0 aliphatic carbocycles. The lowest BCUT2D eigenvalue weighted by atomic mass is 10.3. The monoisotopic (exact) mass is 267 g/mol. The Kier molecular flexibility index (Phi) is 4.19. The fourth-order valence-corrected chi connectivity index (χ4v) is 1.43. The molecule has 2 aromatic rings. The topological polar surface area (TPSA) is 67.2 Å². The standard InChI is InChI=1S/C12H11F2N3O2/c13-9-2-1-3-10(14)12(9)17-11(18)7-15-6-8-4-5-16-19-8/h1-5,15H,6-7H2,(H,17,18). The molecule has 19 heavy (non-hydrogen) atoms. The van der Waals surface area contributed by atoms with Crippen LogP contribution in [0.1, 0.15) is 5.76 Å². The second kappa shape index (κ2) is 6.05. The molecule has 0 fully saturated rings. The highest BCUT2D eigenvalue weighted by molar-refractivity contribution is 5.92. The Balaban J connectivity index is 1.84. The van der Waals surface area contributed by atoms with Gasteiger partial charge in [0.1, 0.15) is 23.1 Å². The normalized spacial score (nSPS) is 10.4. The fourth-order valence-electron chi connectivity index (χ4n) is 1.43. The molecule has 0 unspecified atom stereocenters. The lowest BCUT2D eigenvalue weighted by molar-refractivity contribution is -0.115. The van der Waals surface area contributed by atoms with Gasteiger partial charge in [-0.25, -0.2) is 8.78 Å². The van der Waals surface area contributed by atoms with Crippen LogP contribution in [-0.4, -0.2) is 17.6 Å². The number of nitrogens with one attached hydrogen (secondary N) is 2. The van der Waals surface area contributed by atoms with Crippen molar-refractivity contribution in [1.29, 1.82) is 0 Å². The van der Waals surface area contributed by atoms with Crippen LogP contribution in [-0.2, 0) is 11.3 Å². The summed E-state index contributed by atoms with van der Waals surface area (Å²) in [5.74, 6) is -1.62. The van der Waals surface area contributed by atoms with E-state index < -0.39 is 23.2 Å². The highest BCUT2D eigenvalue weighted by Gasteiger charge is 2.11. The van der Waals surface area contributed by atoms with Gasteiger partial charge in [-0.1, -0.05) is 11.2 Å². The van der Waals surface area contributed by atoms with E-state index in [-0.39, 0.29) is 6.54 Å². The second-order valence-electron chi connectivity index (χ2n) is 3.73. The van der Waals surface area contributed by atoms with Gasteiger partial charge in [0.15, 0.2) is 0 Å². The van der Waals surface area contributed by atoms with Crippen LogP contribution in [0.4, 0.5) is 14.5 Å². The first kappa shape index (κ1) is 13.2. The number of aromatic nitrogens is 1. The largest absolute Gasteiger partial charge is 0.360 e. The molecule has 1 aromatic heterocycles. The molecule has 2 N–H and O–H groups in total. The number of anilines is 1. The predicted molar refractivity (Wildman–Crippen MR) is 63.2 cm³/mol. The first-order valence-electron chi connectivity index (χ1n) is 5.51. The van der Waals surface area contributed by atoms with E-state index in [1.165, 1.54) is 12.3 Å². The van der Waals surface area contributed by atoms with E-state index in [9.17, 15) is 13.6 Å². The number of halogens is 2. The minimum atomic E-state index is -0.816. The summed E-state index contributed by atoms with van der Waals surface area (Å²) in [4.78, 5) is 11.5. The summed E-state index contributed by atoms with van der Waals surface area (Å²) in [6.45, 7) is 0.196. The highest BCUT2D eigenvalue weighted by atomic mass is 19.1. The van der Waals surface area contributed by atoms with Crippen LogP contribution in [0.15, 0.2) is 35.0 Å². The summed E-state index contributed by atoms with van der Waals surface area (Å²) in [6, 6.07) is 5.01. The van der Waals surface area contributed by atoms with Crippen molar-refractivity contribution in [2.75, 3.05) is 11.9 Å². The van der Waals surface area contributed by atoms with Crippen LogP contribution in [0.25, 0.3) is 0 Å². The molecule has 1 amide bonds. The van der Waals surface area contributed by atoms with Crippen molar-refractivity contribution in [2.24, 2.45) is 0 Å². The lowest BCUT2D eigenvalue weighted by Gasteiger charge is -2.07. The Labute approximate surface area is 107 Å². The van der Waals surface area contributed by atoms with E-state index in [4.69, 9.17) is 4.52 Å². The first-order chi connectivity index (χ1) is 9.16. The molecule has 0 saturated heterocycles. The van der Waals surface area contributed by atoms with Gasteiger partial charge in [-0.15, -0.1) is 0 Å². The minimum absolute atomic E-state index is 0.103. The quantitative estimate of drug-likeness (QED) is 0.865. The van der Waals surface area contributed by atoms with E-state index in [2.05, 4.69) is 15.8 Å². The summed E-state index contributed by atoms with van der Waals surface area (Å²) >= 11 is 0. The molecule has 0 spiro atoms. The van der Waals surface area contributed by atoms with Crippen LogP contribution in [0, 0.1) is 11.6 Å². The Bertz CT molecular complexity index is 538. The third-order valence-corrected chi connectivity index (χ3v) is 2.30. The zero-order chi connectivity index (χ0) is 13.7. The number of hydrogen-bond donors (Lipinski definition) is 2. The van der Waals surface area contributed by atoms with Gasteiger partial charge in [0, 0.05) is 6.07 Å². The predicted octanol–water partition coefficient (Wildman–Crippen LogP) is 1.68. The maximum absolute atomic E-state index is 13.3. The number of carbonyl (C=O) groups excluding carboxylic acids is 1. The maximum Gasteiger partial charge on any atom is 0.238 e. The van der Waals surface area contributed by atoms with Crippen molar-refractivity contribution in [2.45, 2.75) is 6.54 Å². The van der Waals surface area contributed by atoms with E-state index in [1.807, 2.05) is 0 Å². The van der Waals surface area contributed by atoms with Crippen molar-refractivity contribution < 1.29 is 18.1 Å². The zero-order valence-electron chi connectivity index (χ0n) is 9.82. The minimum Gasteiger partial charge on any atom is -0.360 e. The molecule has 1 heterocycles. The van der Waals surface area contributed by atoms with Crippen LogP contribution < -0.4 is 10.6 Å². The van der Waals surface area contributed by atoms with Crippen LogP contribution in [0.3, 0.4) is 0 Å². The molecule has 0 bridgehead atoms. The summed E-state index contributed by atoms with van der Waals surface area (Å²) < 4.78 is 31.3. The van der Waals surface area contributed by atoms with Crippen LogP contribution >= 0.6 is 0 Å².